The Hall–Kier alpha value is -0.320. The summed E-state index contributed by atoms with van der Waals surface area (Å²) in [4.78, 5) is 0. The summed E-state index contributed by atoms with van der Waals surface area (Å²) in [5.41, 5.74) is -0.171. The van der Waals surface area contributed by atoms with Crippen molar-refractivity contribution in [1.29, 1.82) is 0 Å². The zero-order valence-electron chi connectivity index (χ0n) is 10.8. The lowest BCUT2D eigenvalue weighted by atomic mass is 9.99. The molecule has 8 heteroatoms. The van der Waals surface area contributed by atoms with Crippen molar-refractivity contribution in [3.63, 3.8) is 0 Å². The minimum absolute atomic E-state index is 0.0502. The van der Waals surface area contributed by atoms with Gasteiger partial charge in [0.2, 0.25) is 0 Å². The zero-order valence-corrected chi connectivity index (χ0v) is 14.5. The molecule has 0 heterocycles. The molecule has 0 saturated carbocycles. The maximum atomic E-state index is 12.9. The molecule has 2 rings (SSSR count). The fourth-order valence-corrected chi connectivity index (χ4v) is 3.31. The first-order chi connectivity index (χ1) is 10.0. The van der Waals surface area contributed by atoms with Crippen molar-refractivity contribution in [2.75, 3.05) is 0 Å². The van der Waals surface area contributed by atoms with Gasteiger partial charge in [-0.1, -0.05) is 64.1 Å². The molecule has 0 aromatic heterocycles. The van der Waals surface area contributed by atoms with Crippen molar-refractivity contribution in [2.45, 2.75) is 13.1 Å². The molecule has 118 valence electrons. The van der Waals surface area contributed by atoms with Crippen LogP contribution in [0.1, 0.15) is 11.1 Å². The average molecular weight is 408 g/mol. The summed E-state index contributed by atoms with van der Waals surface area (Å²) in [6.07, 6.45) is -4.50. The minimum atomic E-state index is -4.50. The van der Waals surface area contributed by atoms with Gasteiger partial charge in [0, 0.05) is 5.56 Å². The molecule has 2 aromatic rings. The van der Waals surface area contributed by atoms with Gasteiger partial charge in [0.25, 0.3) is 0 Å². The molecule has 0 N–H and O–H groups in total. The first-order valence-corrected chi connectivity index (χ1v) is 7.63. The van der Waals surface area contributed by atoms with Crippen molar-refractivity contribution in [3.05, 3.63) is 54.4 Å². The molecule has 0 radical (unpaired) electrons. The van der Waals surface area contributed by atoms with Gasteiger partial charge in [0.1, 0.15) is 0 Å². The van der Waals surface area contributed by atoms with Gasteiger partial charge in [-0.2, -0.15) is 13.2 Å². The third-order valence-corrected chi connectivity index (χ3v) is 5.18. The third kappa shape index (κ3) is 3.29. The van der Waals surface area contributed by atoms with E-state index in [-0.39, 0.29) is 36.2 Å². The molecule has 22 heavy (non-hydrogen) atoms. The van der Waals surface area contributed by atoms with Crippen molar-refractivity contribution in [1.82, 2.24) is 0 Å². The van der Waals surface area contributed by atoms with Crippen LogP contribution < -0.4 is 0 Å². The van der Waals surface area contributed by atoms with Crippen molar-refractivity contribution in [3.8, 4) is 11.1 Å². The lowest BCUT2D eigenvalue weighted by molar-refractivity contribution is -0.137. The lowest BCUT2D eigenvalue weighted by Gasteiger charge is -2.15. The van der Waals surface area contributed by atoms with E-state index in [0.29, 0.717) is 5.56 Å². The molecule has 0 bridgehead atoms. The van der Waals surface area contributed by atoms with Gasteiger partial charge in [-0.05, 0) is 30.2 Å². The summed E-state index contributed by atoms with van der Waals surface area (Å²) in [6, 6.07) is 3.45. The van der Waals surface area contributed by atoms with Crippen LogP contribution in [0.15, 0.2) is 18.2 Å². The van der Waals surface area contributed by atoms with E-state index in [4.69, 9.17) is 58.0 Å². The van der Waals surface area contributed by atoms with E-state index in [1.807, 2.05) is 0 Å². The highest BCUT2D eigenvalue weighted by atomic mass is 35.5. The van der Waals surface area contributed by atoms with Gasteiger partial charge in [-0.3, -0.25) is 0 Å². The Balaban J connectivity index is 2.81. The van der Waals surface area contributed by atoms with Gasteiger partial charge in [-0.15, -0.1) is 0 Å². The summed E-state index contributed by atoms with van der Waals surface area (Å²) >= 11 is 29.9. The lowest BCUT2D eigenvalue weighted by Crippen LogP contribution is -2.05. The molecular weight excluding hydrogens is 402 g/mol. The Morgan fingerprint density at radius 2 is 1.18 bits per heavy atom. The van der Waals surface area contributed by atoms with Crippen LogP contribution in [0.2, 0.25) is 25.1 Å². The Kier molecular flexibility index (Phi) is 5.15. The van der Waals surface area contributed by atoms with Gasteiger partial charge >= 0.3 is 6.18 Å². The predicted octanol–water partition coefficient (Wildman–Crippen LogP) is 7.95. The van der Waals surface area contributed by atoms with Gasteiger partial charge in [0.15, 0.2) is 0 Å². The number of aryl methyl sites for hydroxylation is 1. The number of halogens is 8. The second-order valence-corrected chi connectivity index (χ2v) is 6.42. The van der Waals surface area contributed by atoms with E-state index < -0.39 is 11.7 Å². The van der Waals surface area contributed by atoms with E-state index in [2.05, 4.69) is 0 Å². The average Bonchev–Trinajstić information content (AvgIpc) is 2.42. The monoisotopic (exact) mass is 406 g/mol. The molecule has 0 aliphatic rings. The van der Waals surface area contributed by atoms with Crippen molar-refractivity contribution in [2.24, 2.45) is 0 Å². The SMILES string of the molecule is Cc1cc(-c2c(Cl)c(Cl)c(Cl)c(Cl)c2Cl)cc(C(F)(F)F)c1. The van der Waals surface area contributed by atoms with Crippen LogP contribution in [0.5, 0.6) is 0 Å². The van der Waals surface area contributed by atoms with Crippen LogP contribution in [-0.2, 0) is 6.18 Å². The molecule has 0 unspecified atom stereocenters. The van der Waals surface area contributed by atoms with Crippen LogP contribution in [0.25, 0.3) is 11.1 Å². The zero-order chi connectivity index (χ0) is 16.8. The van der Waals surface area contributed by atoms with Crippen molar-refractivity contribution < 1.29 is 13.2 Å². The summed E-state index contributed by atoms with van der Waals surface area (Å²) < 4.78 is 38.8. The highest BCUT2D eigenvalue weighted by Crippen LogP contribution is 2.48. The van der Waals surface area contributed by atoms with Crippen molar-refractivity contribution >= 4 is 58.0 Å². The molecule has 0 saturated heterocycles. The molecule has 0 aliphatic heterocycles. The molecule has 0 fully saturated rings. The highest BCUT2D eigenvalue weighted by Gasteiger charge is 2.31. The Morgan fingerprint density at radius 3 is 1.64 bits per heavy atom. The summed E-state index contributed by atoms with van der Waals surface area (Å²) in [5.74, 6) is 0. The quantitative estimate of drug-likeness (QED) is 0.332. The molecule has 2 aromatic carbocycles. The smallest absolute Gasteiger partial charge is 0.166 e. The first kappa shape index (κ1) is 18.0. The highest BCUT2D eigenvalue weighted by molar-refractivity contribution is 6.56. The summed E-state index contributed by atoms with van der Waals surface area (Å²) in [7, 11) is 0. The Labute approximate surface area is 149 Å². The molecule has 0 atom stereocenters. The molecule has 0 amide bonds. The van der Waals surface area contributed by atoms with Crippen LogP contribution in [-0.4, -0.2) is 0 Å². The first-order valence-electron chi connectivity index (χ1n) is 5.74. The number of alkyl halides is 3. The van der Waals surface area contributed by atoms with Gasteiger partial charge in [0.05, 0.1) is 30.7 Å². The predicted molar refractivity (Wildman–Crippen MR) is 86.7 cm³/mol. The second kappa shape index (κ2) is 6.29. The fraction of sp³-hybridized carbons (Fsp3) is 0.143. The maximum absolute atomic E-state index is 12.9. The van der Waals surface area contributed by atoms with Crippen LogP contribution in [0, 0.1) is 6.92 Å². The third-order valence-electron chi connectivity index (χ3n) is 2.90. The van der Waals surface area contributed by atoms with Crippen LogP contribution in [0.3, 0.4) is 0 Å². The van der Waals surface area contributed by atoms with E-state index in [0.717, 1.165) is 12.1 Å². The largest absolute Gasteiger partial charge is 0.416 e. The van der Waals surface area contributed by atoms with Gasteiger partial charge in [-0.25, -0.2) is 0 Å². The van der Waals surface area contributed by atoms with Gasteiger partial charge < -0.3 is 0 Å². The minimum Gasteiger partial charge on any atom is -0.166 e. The fourth-order valence-electron chi connectivity index (χ4n) is 1.95. The number of hydrogen-bond acceptors (Lipinski definition) is 0. The Bertz CT molecular complexity index is 724. The van der Waals surface area contributed by atoms with Crippen LogP contribution in [0.4, 0.5) is 13.2 Å². The van der Waals surface area contributed by atoms with E-state index in [1.54, 1.807) is 0 Å². The van der Waals surface area contributed by atoms with E-state index in [9.17, 15) is 13.2 Å². The molecular formula is C14H6Cl5F3. The number of hydrogen-bond donors (Lipinski definition) is 0. The summed E-state index contributed by atoms with van der Waals surface area (Å²) in [6.45, 7) is 1.53. The number of rotatable bonds is 1. The number of benzene rings is 2. The Morgan fingerprint density at radius 1 is 0.727 bits per heavy atom. The molecule has 0 nitrogen and oxygen atoms in total. The normalized spacial score (nSPS) is 11.9. The topological polar surface area (TPSA) is 0 Å². The molecule has 0 aliphatic carbocycles. The standard InChI is InChI=1S/C14H6Cl5F3/c1-5-2-6(4-7(3-5)14(20,21)22)8-9(15)11(17)13(19)12(18)10(8)16/h2-4H,1H3. The maximum Gasteiger partial charge on any atom is 0.416 e. The summed E-state index contributed by atoms with van der Waals surface area (Å²) in [5, 5.41) is -0.295. The molecule has 0 spiro atoms. The van der Waals surface area contributed by atoms with E-state index >= 15 is 0 Å². The second-order valence-electron chi connectivity index (χ2n) is 4.53. The van der Waals surface area contributed by atoms with E-state index in [1.165, 1.54) is 13.0 Å². The van der Waals surface area contributed by atoms with Crippen LogP contribution >= 0.6 is 58.0 Å².